The molecule has 158 valence electrons. The molecule has 0 bridgehead atoms. The number of para-hydroxylation sites is 2. The Morgan fingerprint density at radius 3 is 2.61 bits per heavy atom. The molecule has 3 aromatic rings. The molecule has 0 radical (unpaired) electrons. The molecule has 0 spiro atoms. The maximum Gasteiger partial charge on any atom is 0.270 e. The third-order valence-electron chi connectivity index (χ3n) is 5.87. The lowest BCUT2D eigenvalue weighted by atomic mass is 9.98. The van der Waals surface area contributed by atoms with Crippen LogP contribution >= 0.6 is 11.3 Å². The minimum atomic E-state index is -0.647. The standard InChI is InChI=1S/C23H23N5O2S/c24-21(29)19-13-18(26-28(19)16-8-2-1-3-9-16)23(30)27-12-6-7-15(14-27)22-25-17-10-4-5-11-20(17)31-22/h1-5,8-11,15,19H,6-7,12-14H2,(H2,24,29). The SMILES string of the molecule is NC(=O)C1CC(C(=O)N2CCCC(c3nc4ccccc4s3)C2)=NN1c1ccccc1. The molecular weight excluding hydrogens is 410 g/mol. The number of anilines is 1. The van der Waals surface area contributed by atoms with Crippen LogP contribution in [-0.4, -0.2) is 46.5 Å². The summed E-state index contributed by atoms with van der Waals surface area (Å²) in [6, 6.07) is 16.8. The van der Waals surface area contributed by atoms with Gasteiger partial charge in [-0.25, -0.2) is 4.98 Å². The molecule has 3 heterocycles. The average molecular weight is 434 g/mol. The molecule has 8 heteroatoms. The molecule has 2 unspecified atom stereocenters. The van der Waals surface area contributed by atoms with Gasteiger partial charge in [-0.15, -0.1) is 11.3 Å². The van der Waals surface area contributed by atoms with Crippen LogP contribution in [0.3, 0.4) is 0 Å². The fourth-order valence-corrected chi connectivity index (χ4v) is 5.38. The van der Waals surface area contributed by atoms with Crippen molar-refractivity contribution in [3.05, 3.63) is 59.6 Å². The van der Waals surface area contributed by atoms with Crippen molar-refractivity contribution in [2.24, 2.45) is 10.8 Å². The molecule has 5 rings (SSSR count). The van der Waals surface area contributed by atoms with E-state index in [0.29, 0.717) is 18.8 Å². The average Bonchev–Trinajstić information content (AvgIpc) is 3.44. The highest BCUT2D eigenvalue weighted by Gasteiger charge is 2.37. The Kier molecular flexibility index (Phi) is 5.15. The van der Waals surface area contributed by atoms with Crippen molar-refractivity contribution < 1.29 is 9.59 Å². The number of nitrogens with zero attached hydrogens (tertiary/aromatic N) is 4. The Morgan fingerprint density at radius 2 is 1.84 bits per heavy atom. The zero-order valence-corrected chi connectivity index (χ0v) is 17.8. The number of piperidine rings is 1. The maximum absolute atomic E-state index is 13.3. The summed E-state index contributed by atoms with van der Waals surface area (Å²) >= 11 is 1.70. The number of fused-ring (bicyclic) bond motifs is 1. The Hall–Kier alpha value is -3.26. The van der Waals surface area contributed by atoms with Crippen molar-refractivity contribution in [1.82, 2.24) is 9.88 Å². The summed E-state index contributed by atoms with van der Waals surface area (Å²) in [5, 5.41) is 7.16. The largest absolute Gasteiger partial charge is 0.368 e. The van der Waals surface area contributed by atoms with E-state index in [4.69, 9.17) is 10.7 Å². The molecule has 2 atom stereocenters. The molecule has 2 amide bonds. The van der Waals surface area contributed by atoms with E-state index in [1.54, 1.807) is 16.3 Å². The zero-order valence-electron chi connectivity index (χ0n) is 17.0. The molecule has 2 N–H and O–H groups in total. The van der Waals surface area contributed by atoms with E-state index < -0.39 is 11.9 Å². The van der Waals surface area contributed by atoms with E-state index in [2.05, 4.69) is 11.2 Å². The van der Waals surface area contributed by atoms with Gasteiger partial charge in [-0.05, 0) is 37.1 Å². The van der Waals surface area contributed by atoms with Gasteiger partial charge in [0.25, 0.3) is 5.91 Å². The highest BCUT2D eigenvalue weighted by molar-refractivity contribution is 7.18. The first-order valence-corrected chi connectivity index (χ1v) is 11.3. The third kappa shape index (κ3) is 3.79. The van der Waals surface area contributed by atoms with E-state index in [1.165, 1.54) is 4.70 Å². The van der Waals surface area contributed by atoms with Crippen molar-refractivity contribution in [3.8, 4) is 0 Å². The number of carbonyl (C=O) groups is 2. The number of primary amides is 1. The van der Waals surface area contributed by atoms with Crippen LogP contribution in [0.1, 0.15) is 30.2 Å². The van der Waals surface area contributed by atoms with E-state index in [-0.39, 0.29) is 18.2 Å². The fraction of sp³-hybridized carbons (Fsp3) is 0.304. The van der Waals surface area contributed by atoms with Crippen LogP contribution < -0.4 is 10.7 Å². The van der Waals surface area contributed by atoms with Gasteiger partial charge in [0, 0.05) is 25.4 Å². The molecule has 0 saturated carbocycles. The number of likely N-dealkylation sites (tertiary alicyclic amines) is 1. The van der Waals surface area contributed by atoms with Crippen LogP contribution in [0.4, 0.5) is 5.69 Å². The monoisotopic (exact) mass is 433 g/mol. The predicted octanol–water partition coefficient (Wildman–Crippen LogP) is 3.12. The van der Waals surface area contributed by atoms with E-state index >= 15 is 0 Å². The summed E-state index contributed by atoms with van der Waals surface area (Å²) in [6.45, 7) is 1.30. The summed E-state index contributed by atoms with van der Waals surface area (Å²) in [5.41, 5.74) is 7.76. The number of rotatable bonds is 4. The zero-order chi connectivity index (χ0) is 21.4. The first-order valence-electron chi connectivity index (χ1n) is 10.5. The van der Waals surface area contributed by atoms with Gasteiger partial charge in [-0.3, -0.25) is 14.6 Å². The molecule has 2 aliphatic rings. The minimum absolute atomic E-state index is 0.115. The Labute approximate surface area is 184 Å². The van der Waals surface area contributed by atoms with E-state index in [1.807, 2.05) is 53.4 Å². The number of nitrogens with two attached hydrogens (primary N) is 1. The number of hydrazone groups is 1. The molecule has 0 aliphatic carbocycles. The highest BCUT2D eigenvalue weighted by Crippen LogP contribution is 2.33. The summed E-state index contributed by atoms with van der Waals surface area (Å²) in [4.78, 5) is 32.0. The van der Waals surface area contributed by atoms with Crippen LogP contribution in [0, 0.1) is 0 Å². The van der Waals surface area contributed by atoms with Crippen LogP contribution in [-0.2, 0) is 9.59 Å². The Morgan fingerprint density at radius 1 is 1.06 bits per heavy atom. The lowest BCUT2D eigenvalue weighted by Crippen LogP contribution is -2.43. The van der Waals surface area contributed by atoms with Gasteiger partial charge in [0.15, 0.2) is 0 Å². The van der Waals surface area contributed by atoms with Crippen molar-refractivity contribution in [1.29, 1.82) is 0 Å². The van der Waals surface area contributed by atoms with E-state index in [9.17, 15) is 9.59 Å². The lowest BCUT2D eigenvalue weighted by molar-refractivity contribution is -0.125. The third-order valence-corrected chi connectivity index (χ3v) is 7.07. The fourth-order valence-electron chi connectivity index (χ4n) is 4.29. The van der Waals surface area contributed by atoms with Crippen molar-refractivity contribution in [2.45, 2.75) is 31.2 Å². The van der Waals surface area contributed by atoms with Gasteiger partial charge < -0.3 is 10.6 Å². The van der Waals surface area contributed by atoms with Crippen LogP contribution in [0.15, 0.2) is 59.7 Å². The van der Waals surface area contributed by atoms with Crippen molar-refractivity contribution >= 4 is 44.8 Å². The van der Waals surface area contributed by atoms with Gasteiger partial charge in [-0.1, -0.05) is 30.3 Å². The van der Waals surface area contributed by atoms with Gasteiger partial charge in [0.2, 0.25) is 5.91 Å². The normalized spacial score (nSPS) is 21.4. The van der Waals surface area contributed by atoms with Gasteiger partial charge >= 0.3 is 0 Å². The first kappa shape index (κ1) is 19.7. The molecule has 7 nitrogen and oxygen atoms in total. The molecular formula is C23H23N5O2S. The molecule has 1 saturated heterocycles. The second-order valence-electron chi connectivity index (χ2n) is 7.96. The lowest BCUT2D eigenvalue weighted by Gasteiger charge is -2.31. The summed E-state index contributed by atoms with van der Waals surface area (Å²) < 4.78 is 1.17. The number of carbonyl (C=O) groups excluding carboxylic acids is 2. The molecule has 31 heavy (non-hydrogen) atoms. The first-order chi connectivity index (χ1) is 15.1. The quantitative estimate of drug-likeness (QED) is 0.684. The summed E-state index contributed by atoms with van der Waals surface area (Å²) in [5.74, 6) is -0.383. The van der Waals surface area contributed by atoms with Crippen LogP contribution in [0.2, 0.25) is 0 Å². The molecule has 1 aromatic heterocycles. The topological polar surface area (TPSA) is 91.9 Å². The van der Waals surface area contributed by atoms with E-state index in [0.717, 1.165) is 29.1 Å². The second kappa shape index (κ2) is 8.11. The number of aromatic nitrogens is 1. The molecule has 1 fully saturated rings. The van der Waals surface area contributed by atoms with Crippen molar-refractivity contribution in [2.75, 3.05) is 18.1 Å². The minimum Gasteiger partial charge on any atom is -0.368 e. The van der Waals surface area contributed by atoms with Crippen LogP contribution in [0.5, 0.6) is 0 Å². The van der Waals surface area contributed by atoms with Gasteiger partial charge in [0.05, 0.1) is 20.9 Å². The number of hydrogen-bond donors (Lipinski definition) is 1. The predicted molar refractivity (Wildman–Crippen MR) is 122 cm³/mol. The maximum atomic E-state index is 13.3. The Bertz CT molecular complexity index is 1130. The Balaban J connectivity index is 1.36. The number of benzene rings is 2. The number of hydrogen-bond acceptors (Lipinski definition) is 6. The number of thiazole rings is 1. The number of amides is 2. The van der Waals surface area contributed by atoms with Gasteiger partial charge in [0.1, 0.15) is 11.8 Å². The summed E-state index contributed by atoms with van der Waals surface area (Å²) in [6.07, 6.45) is 2.16. The highest BCUT2D eigenvalue weighted by atomic mass is 32.1. The van der Waals surface area contributed by atoms with Crippen molar-refractivity contribution in [3.63, 3.8) is 0 Å². The van der Waals surface area contributed by atoms with Crippen LogP contribution in [0.25, 0.3) is 10.2 Å². The molecule has 2 aromatic carbocycles. The second-order valence-corrected chi connectivity index (χ2v) is 9.02. The molecule has 2 aliphatic heterocycles. The smallest absolute Gasteiger partial charge is 0.270 e. The van der Waals surface area contributed by atoms with Gasteiger partial charge in [-0.2, -0.15) is 5.10 Å². The summed E-state index contributed by atoms with van der Waals surface area (Å²) in [7, 11) is 0.